The van der Waals surface area contributed by atoms with Gasteiger partial charge in [-0.1, -0.05) is 18.2 Å². The van der Waals surface area contributed by atoms with Gasteiger partial charge in [0.1, 0.15) is 5.41 Å². The summed E-state index contributed by atoms with van der Waals surface area (Å²) in [5.41, 5.74) is 1.87. The van der Waals surface area contributed by atoms with E-state index < -0.39 is 5.41 Å². The van der Waals surface area contributed by atoms with Gasteiger partial charge in [-0.25, -0.2) is 0 Å². The highest BCUT2D eigenvalue weighted by Crippen LogP contribution is 2.35. The number of para-hydroxylation sites is 1. The number of benzene rings is 1. The van der Waals surface area contributed by atoms with Crippen LogP contribution in [0.1, 0.15) is 31.9 Å². The number of pyridine rings is 1. The number of fused-ring (bicyclic) bond motifs is 1. The Balaban J connectivity index is 1.75. The van der Waals surface area contributed by atoms with Crippen molar-refractivity contribution in [2.45, 2.75) is 39.8 Å². The van der Waals surface area contributed by atoms with E-state index in [0.29, 0.717) is 6.54 Å². The van der Waals surface area contributed by atoms with Crippen molar-refractivity contribution in [2.24, 2.45) is 5.41 Å². The van der Waals surface area contributed by atoms with Crippen LogP contribution >= 0.6 is 0 Å². The Morgan fingerprint density at radius 1 is 1.20 bits per heavy atom. The number of anilines is 1. The van der Waals surface area contributed by atoms with E-state index in [0.717, 1.165) is 23.2 Å². The maximum absolute atomic E-state index is 13.1. The van der Waals surface area contributed by atoms with Crippen molar-refractivity contribution in [3.63, 3.8) is 0 Å². The molecule has 3 rings (SSSR count). The molecule has 2 aromatic rings. The van der Waals surface area contributed by atoms with Gasteiger partial charge in [0.2, 0.25) is 11.8 Å². The van der Waals surface area contributed by atoms with Gasteiger partial charge in [0, 0.05) is 30.7 Å². The van der Waals surface area contributed by atoms with Crippen LogP contribution in [-0.2, 0) is 22.6 Å². The lowest BCUT2D eigenvalue weighted by molar-refractivity contribution is -0.140. The molecule has 5 heteroatoms. The molecule has 130 valence electrons. The lowest BCUT2D eigenvalue weighted by Gasteiger charge is -2.31. The maximum Gasteiger partial charge on any atom is 0.242 e. The third-order valence-electron chi connectivity index (χ3n) is 4.73. The van der Waals surface area contributed by atoms with Crippen LogP contribution in [0.2, 0.25) is 0 Å². The number of aromatic nitrogens is 1. The highest BCUT2D eigenvalue weighted by atomic mass is 16.2. The highest BCUT2D eigenvalue weighted by Gasteiger charge is 2.43. The van der Waals surface area contributed by atoms with Crippen LogP contribution in [0.5, 0.6) is 0 Å². The van der Waals surface area contributed by atoms with Gasteiger partial charge in [-0.2, -0.15) is 0 Å². The largest absolute Gasteiger partial charge is 0.351 e. The number of rotatable bonds is 4. The molecule has 5 nitrogen and oxygen atoms in total. The summed E-state index contributed by atoms with van der Waals surface area (Å²) in [4.78, 5) is 31.6. The second-order valence-electron chi connectivity index (χ2n) is 7.02. The zero-order valence-electron chi connectivity index (χ0n) is 14.8. The molecule has 1 unspecified atom stereocenters. The van der Waals surface area contributed by atoms with E-state index >= 15 is 0 Å². The van der Waals surface area contributed by atoms with Crippen molar-refractivity contribution in [1.82, 2.24) is 10.3 Å². The molecule has 25 heavy (non-hydrogen) atoms. The van der Waals surface area contributed by atoms with Gasteiger partial charge in [0.05, 0.1) is 0 Å². The molecule has 1 aromatic heterocycles. The zero-order valence-corrected chi connectivity index (χ0v) is 14.8. The van der Waals surface area contributed by atoms with E-state index in [1.165, 1.54) is 0 Å². The van der Waals surface area contributed by atoms with Crippen molar-refractivity contribution in [1.29, 1.82) is 0 Å². The molecule has 0 radical (unpaired) electrons. The van der Waals surface area contributed by atoms with E-state index in [9.17, 15) is 9.59 Å². The standard InChI is InChI=1S/C20H23N3O2/c1-14-12-16-6-4-5-7-17(16)23(14)19(25)20(2,3)18(24)22-13-15-8-10-21-11-9-15/h4-11,14H,12-13H2,1-3H3,(H,22,24). The summed E-state index contributed by atoms with van der Waals surface area (Å²) in [6.45, 7) is 5.77. The molecular weight excluding hydrogens is 314 g/mol. The summed E-state index contributed by atoms with van der Waals surface area (Å²) in [6, 6.07) is 11.6. The van der Waals surface area contributed by atoms with Gasteiger partial charge < -0.3 is 10.2 Å². The molecule has 1 aliphatic rings. The number of hydrogen-bond donors (Lipinski definition) is 1. The Labute approximate surface area is 148 Å². The van der Waals surface area contributed by atoms with E-state index in [4.69, 9.17) is 0 Å². The van der Waals surface area contributed by atoms with Gasteiger partial charge in [0.25, 0.3) is 0 Å². The molecule has 0 spiro atoms. The van der Waals surface area contributed by atoms with E-state index in [-0.39, 0.29) is 17.9 Å². The maximum atomic E-state index is 13.1. The van der Waals surface area contributed by atoms with Crippen LogP contribution in [0.4, 0.5) is 5.69 Å². The summed E-state index contributed by atoms with van der Waals surface area (Å²) in [7, 11) is 0. The normalized spacial score (nSPS) is 16.4. The molecule has 2 amide bonds. The molecular formula is C20H23N3O2. The van der Waals surface area contributed by atoms with Crippen molar-refractivity contribution in [3.05, 3.63) is 59.9 Å². The summed E-state index contributed by atoms with van der Waals surface area (Å²) >= 11 is 0. The minimum atomic E-state index is -1.14. The van der Waals surface area contributed by atoms with Gasteiger partial charge in [-0.3, -0.25) is 14.6 Å². The fourth-order valence-corrected chi connectivity index (χ4v) is 3.18. The third kappa shape index (κ3) is 3.27. The van der Waals surface area contributed by atoms with Crippen molar-refractivity contribution in [3.8, 4) is 0 Å². The first-order valence-corrected chi connectivity index (χ1v) is 8.50. The molecule has 1 atom stereocenters. The van der Waals surface area contributed by atoms with Crippen LogP contribution in [0.3, 0.4) is 0 Å². The monoisotopic (exact) mass is 337 g/mol. The Bertz CT molecular complexity index is 787. The minimum absolute atomic E-state index is 0.0529. The number of carbonyl (C=O) groups is 2. The van der Waals surface area contributed by atoms with Crippen molar-refractivity contribution in [2.75, 3.05) is 4.90 Å². The molecule has 0 fully saturated rings. The fraction of sp³-hybridized carbons (Fsp3) is 0.350. The topological polar surface area (TPSA) is 62.3 Å². The Morgan fingerprint density at radius 2 is 1.88 bits per heavy atom. The first kappa shape index (κ1) is 17.1. The second kappa shape index (κ2) is 6.67. The first-order chi connectivity index (χ1) is 11.9. The quantitative estimate of drug-likeness (QED) is 0.873. The van der Waals surface area contributed by atoms with Gasteiger partial charge in [-0.05, 0) is 56.5 Å². The summed E-state index contributed by atoms with van der Waals surface area (Å²) in [6.07, 6.45) is 4.18. The third-order valence-corrected chi connectivity index (χ3v) is 4.73. The SMILES string of the molecule is CC1Cc2ccccc2N1C(=O)C(C)(C)C(=O)NCc1ccncc1. The Kier molecular flexibility index (Phi) is 4.57. The molecule has 0 aliphatic carbocycles. The predicted octanol–water partition coefficient (Wildman–Crippen LogP) is 2.70. The molecule has 0 saturated carbocycles. The summed E-state index contributed by atoms with van der Waals surface area (Å²) < 4.78 is 0. The number of nitrogens with one attached hydrogen (secondary N) is 1. The van der Waals surface area contributed by atoms with Crippen molar-refractivity contribution >= 4 is 17.5 Å². The lowest BCUT2D eigenvalue weighted by Crippen LogP contribution is -2.51. The number of hydrogen-bond acceptors (Lipinski definition) is 3. The van der Waals surface area contributed by atoms with E-state index in [2.05, 4.69) is 10.3 Å². The number of nitrogens with zero attached hydrogens (tertiary/aromatic N) is 2. The molecule has 1 aromatic carbocycles. The van der Waals surface area contributed by atoms with Crippen LogP contribution in [-0.4, -0.2) is 22.8 Å². The summed E-state index contributed by atoms with van der Waals surface area (Å²) in [5, 5.41) is 2.87. The van der Waals surface area contributed by atoms with E-state index in [1.807, 2.05) is 43.3 Å². The van der Waals surface area contributed by atoms with Crippen LogP contribution in [0, 0.1) is 5.41 Å². The Morgan fingerprint density at radius 3 is 2.60 bits per heavy atom. The van der Waals surface area contributed by atoms with Gasteiger partial charge in [0.15, 0.2) is 0 Å². The molecule has 0 bridgehead atoms. The van der Waals surface area contributed by atoms with Crippen molar-refractivity contribution < 1.29 is 9.59 Å². The average molecular weight is 337 g/mol. The second-order valence-corrected chi connectivity index (χ2v) is 7.02. The zero-order chi connectivity index (χ0) is 18.0. The molecule has 0 saturated heterocycles. The minimum Gasteiger partial charge on any atom is -0.351 e. The average Bonchev–Trinajstić information content (AvgIpc) is 2.95. The van der Waals surface area contributed by atoms with Crippen LogP contribution in [0.15, 0.2) is 48.8 Å². The predicted molar refractivity (Wildman–Crippen MR) is 97.0 cm³/mol. The lowest BCUT2D eigenvalue weighted by atomic mass is 9.89. The number of carbonyl (C=O) groups excluding carboxylic acids is 2. The van der Waals surface area contributed by atoms with E-state index in [1.54, 1.807) is 31.1 Å². The first-order valence-electron chi connectivity index (χ1n) is 8.50. The highest BCUT2D eigenvalue weighted by molar-refractivity contribution is 6.12. The van der Waals surface area contributed by atoms with Gasteiger partial charge >= 0.3 is 0 Å². The summed E-state index contributed by atoms with van der Waals surface area (Å²) in [5.74, 6) is -0.442. The fourth-order valence-electron chi connectivity index (χ4n) is 3.18. The Hall–Kier alpha value is -2.69. The van der Waals surface area contributed by atoms with Gasteiger partial charge in [-0.15, -0.1) is 0 Å². The van der Waals surface area contributed by atoms with Crippen LogP contribution in [0.25, 0.3) is 0 Å². The number of amides is 2. The molecule has 1 N–H and O–H groups in total. The molecule has 1 aliphatic heterocycles. The molecule has 2 heterocycles. The van der Waals surface area contributed by atoms with Crippen LogP contribution < -0.4 is 10.2 Å². The smallest absolute Gasteiger partial charge is 0.242 e.